The number of carbonyl (C=O) groups excluding carboxylic acids is 1. The average molecular weight is 446 g/mol. The Bertz CT molecular complexity index is 1270. The van der Waals surface area contributed by atoms with Crippen molar-refractivity contribution in [1.29, 1.82) is 0 Å². The fourth-order valence-electron chi connectivity index (χ4n) is 4.44. The molecule has 1 saturated heterocycles. The molecule has 1 atom stereocenters. The quantitative estimate of drug-likeness (QED) is 0.354. The molecule has 0 aliphatic carbocycles. The van der Waals surface area contributed by atoms with E-state index in [9.17, 15) is 9.90 Å². The van der Waals surface area contributed by atoms with Crippen molar-refractivity contribution in [3.8, 4) is 28.1 Å². The number of phenols is 1. The summed E-state index contributed by atoms with van der Waals surface area (Å²) < 4.78 is 5.63. The van der Waals surface area contributed by atoms with E-state index < -0.39 is 0 Å². The number of ether oxygens (including phenoxy) is 1. The van der Waals surface area contributed by atoms with Gasteiger partial charge in [0.15, 0.2) is 0 Å². The van der Waals surface area contributed by atoms with Crippen molar-refractivity contribution in [3.63, 3.8) is 0 Å². The number of fused-ring (bicyclic) bond motifs is 1. The van der Waals surface area contributed by atoms with Crippen LogP contribution in [0.4, 0.5) is 0 Å². The molecule has 1 fully saturated rings. The van der Waals surface area contributed by atoms with Crippen LogP contribution in [-0.4, -0.2) is 28.6 Å². The monoisotopic (exact) mass is 445 g/mol. The third kappa shape index (κ3) is 4.29. The maximum absolute atomic E-state index is 12.8. The predicted molar refractivity (Wildman–Crippen MR) is 128 cm³/mol. The molecule has 4 nitrogen and oxygen atoms in total. The van der Waals surface area contributed by atoms with Gasteiger partial charge in [0, 0.05) is 46.5 Å². The summed E-state index contributed by atoms with van der Waals surface area (Å²) in [7, 11) is 0. The Hall–Kier alpha value is -3.08. The van der Waals surface area contributed by atoms with E-state index in [1.54, 1.807) is 0 Å². The molecule has 5 heteroatoms. The fourth-order valence-corrected chi connectivity index (χ4v) is 4.61. The highest BCUT2D eigenvalue weighted by atomic mass is 35.5. The predicted octanol–water partition coefficient (Wildman–Crippen LogP) is 6.54. The van der Waals surface area contributed by atoms with Gasteiger partial charge >= 0.3 is 0 Å². The van der Waals surface area contributed by atoms with Crippen LogP contribution < -0.4 is 0 Å². The summed E-state index contributed by atoms with van der Waals surface area (Å²) in [4.78, 5) is 16.1. The molecule has 2 heterocycles. The van der Waals surface area contributed by atoms with Gasteiger partial charge in [-0.1, -0.05) is 48.0 Å². The molecular weight excluding hydrogens is 422 g/mol. The number of aromatic nitrogens is 1. The Balaban J connectivity index is 1.56. The number of carbonyl (C=O) groups is 1. The Morgan fingerprint density at radius 2 is 1.88 bits per heavy atom. The summed E-state index contributed by atoms with van der Waals surface area (Å²) in [5.41, 5.74) is 4.83. The molecule has 4 aromatic rings. The van der Waals surface area contributed by atoms with Gasteiger partial charge in [0.2, 0.25) is 0 Å². The van der Waals surface area contributed by atoms with Crippen molar-refractivity contribution in [2.75, 3.05) is 6.61 Å². The minimum atomic E-state index is 0.0335. The van der Waals surface area contributed by atoms with Crippen LogP contribution in [0.25, 0.3) is 33.3 Å². The summed E-state index contributed by atoms with van der Waals surface area (Å²) >= 11 is 6.15. The van der Waals surface area contributed by atoms with Gasteiger partial charge in [0.05, 0.1) is 11.8 Å². The number of hydrogen-bond acceptors (Lipinski definition) is 3. The Morgan fingerprint density at radius 3 is 2.66 bits per heavy atom. The number of nitrogens with one attached hydrogen (secondary N) is 1. The van der Waals surface area contributed by atoms with Crippen LogP contribution in [0.2, 0.25) is 5.02 Å². The number of hydrogen-bond donors (Lipinski definition) is 2. The topological polar surface area (TPSA) is 62.3 Å². The minimum Gasteiger partial charge on any atom is -0.507 e. The van der Waals surface area contributed by atoms with Crippen LogP contribution in [0, 0.1) is 0 Å². The first-order chi connectivity index (χ1) is 15.6. The van der Waals surface area contributed by atoms with Gasteiger partial charge in [-0.05, 0) is 54.3 Å². The minimum absolute atomic E-state index is 0.0335. The smallest absolute Gasteiger partial charge is 0.139 e. The Morgan fingerprint density at radius 1 is 1.06 bits per heavy atom. The van der Waals surface area contributed by atoms with Gasteiger partial charge in [0.25, 0.3) is 0 Å². The molecule has 2 N–H and O–H groups in total. The molecule has 1 aliphatic heterocycles. The van der Waals surface area contributed by atoms with E-state index in [4.69, 9.17) is 16.3 Å². The number of phenolic OH excluding ortho intramolecular Hbond substituents is 1. The first kappa shape index (κ1) is 20.8. The van der Waals surface area contributed by atoms with Crippen molar-refractivity contribution < 1.29 is 14.6 Å². The second-order valence-electron chi connectivity index (χ2n) is 8.37. The van der Waals surface area contributed by atoms with E-state index >= 15 is 0 Å². The second kappa shape index (κ2) is 8.81. The van der Waals surface area contributed by atoms with Crippen molar-refractivity contribution in [2.45, 2.75) is 31.8 Å². The molecule has 162 valence electrons. The van der Waals surface area contributed by atoms with Gasteiger partial charge in [0.1, 0.15) is 11.5 Å². The molecule has 1 unspecified atom stereocenters. The average Bonchev–Trinajstić information content (AvgIpc) is 3.44. The Labute approximate surface area is 191 Å². The summed E-state index contributed by atoms with van der Waals surface area (Å²) in [5.74, 6) is 0.333. The molecule has 5 rings (SSSR count). The number of aromatic amines is 1. The van der Waals surface area contributed by atoms with Crippen molar-refractivity contribution in [3.05, 3.63) is 77.3 Å². The molecular formula is C27H24ClNO3. The van der Waals surface area contributed by atoms with E-state index in [1.807, 2.05) is 66.7 Å². The lowest BCUT2D eigenvalue weighted by atomic mass is 9.94. The number of ketones is 1. The summed E-state index contributed by atoms with van der Waals surface area (Å²) in [6, 6.07) is 21.2. The van der Waals surface area contributed by atoms with E-state index in [2.05, 4.69) is 4.98 Å². The van der Waals surface area contributed by atoms with Crippen molar-refractivity contribution in [2.24, 2.45) is 0 Å². The normalized spacial score (nSPS) is 16.0. The van der Waals surface area contributed by atoms with E-state index in [1.165, 1.54) is 0 Å². The zero-order valence-electron chi connectivity index (χ0n) is 17.6. The molecule has 0 saturated carbocycles. The molecule has 0 amide bonds. The fraction of sp³-hybridized carbons (Fsp3) is 0.222. The van der Waals surface area contributed by atoms with Crippen LogP contribution in [0.1, 0.15) is 24.8 Å². The Kier molecular flexibility index (Phi) is 5.73. The third-order valence-corrected chi connectivity index (χ3v) is 6.24. The van der Waals surface area contributed by atoms with Crippen LogP contribution in [0.15, 0.2) is 66.7 Å². The van der Waals surface area contributed by atoms with Gasteiger partial charge in [-0.25, -0.2) is 0 Å². The van der Waals surface area contributed by atoms with Crippen LogP contribution in [0.5, 0.6) is 5.75 Å². The van der Waals surface area contributed by atoms with Gasteiger partial charge in [-0.15, -0.1) is 0 Å². The molecule has 32 heavy (non-hydrogen) atoms. The third-order valence-electron chi connectivity index (χ3n) is 6.01. The number of Topliss-reactive ketones (excluding diaryl/α,β-unsaturated/α-hetero) is 1. The zero-order valence-corrected chi connectivity index (χ0v) is 18.4. The molecule has 1 aliphatic rings. The maximum atomic E-state index is 12.8. The van der Waals surface area contributed by atoms with E-state index in [0.29, 0.717) is 29.0 Å². The van der Waals surface area contributed by atoms with Crippen LogP contribution in [0.3, 0.4) is 0 Å². The highest BCUT2D eigenvalue weighted by molar-refractivity contribution is 6.31. The highest BCUT2D eigenvalue weighted by Gasteiger charge is 2.21. The lowest BCUT2D eigenvalue weighted by Crippen LogP contribution is -2.14. The molecule has 0 bridgehead atoms. The number of aromatic hydroxyl groups is 1. The molecule has 3 aromatic carbocycles. The van der Waals surface area contributed by atoms with E-state index in [0.717, 1.165) is 47.2 Å². The first-order valence-corrected chi connectivity index (χ1v) is 11.3. The second-order valence-corrected chi connectivity index (χ2v) is 8.81. The standard InChI is InChI=1S/C27H24ClNO3/c28-20-9-8-19-14-26(29-25(19)15-20)24-13-17(11-21(30)16-22-7-4-10-32-22)12-23(27(24)31)18-5-2-1-3-6-18/h1-3,5-6,8-9,12-15,22,29,31H,4,7,10-11,16H2. The lowest BCUT2D eigenvalue weighted by molar-refractivity contribution is -0.120. The van der Waals surface area contributed by atoms with Crippen LogP contribution >= 0.6 is 11.6 Å². The largest absolute Gasteiger partial charge is 0.507 e. The summed E-state index contributed by atoms with van der Waals surface area (Å²) in [6.07, 6.45) is 2.73. The highest BCUT2D eigenvalue weighted by Crippen LogP contribution is 2.40. The molecule has 0 radical (unpaired) electrons. The number of H-pyrrole nitrogens is 1. The van der Waals surface area contributed by atoms with Gasteiger partial charge in [-0.2, -0.15) is 0 Å². The SMILES string of the molecule is O=C(Cc1cc(-c2ccccc2)c(O)c(-c2cc3ccc(Cl)cc3[nH]2)c1)CC1CCCO1. The van der Waals surface area contributed by atoms with Gasteiger partial charge in [-0.3, -0.25) is 4.79 Å². The van der Waals surface area contributed by atoms with Gasteiger partial charge < -0.3 is 14.8 Å². The van der Waals surface area contributed by atoms with Crippen molar-refractivity contribution >= 4 is 28.3 Å². The molecule has 1 aromatic heterocycles. The summed E-state index contributed by atoms with van der Waals surface area (Å²) in [6.45, 7) is 0.740. The first-order valence-electron chi connectivity index (χ1n) is 10.9. The molecule has 0 spiro atoms. The zero-order chi connectivity index (χ0) is 22.1. The maximum Gasteiger partial charge on any atom is 0.139 e. The number of rotatable bonds is 6. The van der Waals surface area contributed by atoms with E-state index in [-0.39, 0.29) is 17.6 Å². The number of halogens is 1. The number of benzene rings is 3. The lowest BCUT2D eigenvalue weighted by Gasteiger charge is -2.14. The van der Waals surface area contributed by atoms with Crippen molar-refractivity contribution in [1.82, 2.24) is 4.98 Å². The summed E-state index contributed by atoms with van der Waals surface area (Å²) in [5, 5.41) is 12.9. The van der Waals surface area contributed by atoms with Crippen LogP contribution in [-0.2, 0) is 16.0 Å².